The number of rotatable bonds is 2. The number of hydrogen-bond donors (Lipinski definition) is 1. The lowest BCUT2D eigenvalue weighted by atomic mass is 9.71. The van der Waals surface area contributed by atoms with Crippen LogP contribution in [0.4, 0.5) is 5.69 Å². The maximum atomic E-state index is 13.4. The van der Waals surface area contributed by atoms with E-state index in [9.17, 15) is 9.90 Å². The molecule has 4 nitrogen and oxygen atoms in total. The van der Waals surface area contributed by atoms with Gasteiger partial charge in [0, 0.05) is 40.3 Å². The van der Waals surface area contributed by atoms with Gasteiger partial charge in [0.05, 0.1) is 5.41 Å². The van der Waals surface area contributed by atoms with Gasteiger partial charge in [0.25, 0.3) is 0 Å². The van der Waals surface area contributed by atoms with Crippen LogP contribution < -0.4 is 4.90 Å². The molecule has 1 aliphatic heterocycles. The van der Waals surface area contributed by atoms with E-state index < -0.39 is 0 Å². The molecule has 28 heavy (non-hydrogen) atoms. The minimum atomic E-state index is -0.339. The van der Waals surface area contributed by atoms with Gasteiger partial charge in [-0.15, -0.1) is 0 Å². The second kappa shape index (κ2) is 6.56. The van der Waals surface area contributed by atoms with Gasteiger partial charge in [0.15, 0.2) is 5.88 Å². The molecule has 2 fully saturated rings. The SMILES string of the molecule is O=C1N(c2cccc(Cl)c2)CC[C@]12CCC[C@H](n1cc3ccccc3c1O)C2. The number of benzene rings is 2. The van der Waals surface area contributed by atoms with Crippen molar-refractivity contribution in [3.05, 3.63) is 59.8 Å². The predicted molar refractivity (Wildman–Crippen MR) is 112 cm³/mol. The molecule has 1 aromatic heterocycles. The summed E-state index contributed by atoms with van der Waals surface area (Å²) in [6.45, 7) is 0.728. The molecule has 5 rings (SSSR count). The van der Waals surface area contributed by atoms with E-state index in [1.807, 2.05) is 64.2 Å². The van der Waals surface area contributed by atoms with Gasteiger partial charge in [0.1, 0.15) is 0 Å². The number of fused-ring (bicyclic) bond motifs is 1. The molecule has 2 atom stereocenters. The summed E-state index contributed by atoms with van der Waals surface area (Å²) in [6.07, 6.45) is 6.56. The van der Waals surface area contributed by atoms with Gasteiger partial charge in [0.2, 0.25) is 5.91 Å². The van der Waals surface area contributed by atoms with Crippen molar-refractivity contribution in [2.24, 2.45) is 5.41 Å². The van der Waals surface area contributed by atoms with Crippen molar-refractivity contribution in [3.63, 3.8) is 0 Å². The largest absolute Gasteiger partial charge is 0.494 e. The normalized spacial score (nSPS) is 25.1. The van der Waals surface area contributed by atoms with Crippen molar-refractivity contribution in [2.45, 2.75) is 38.1 Å². The highest BCUT2D eigenvalue weighted by molar-refractivity contribution is 6.31. The number of aromatic nitrogens is 1. The van der Waals surface area contributed by atoms with Gasteiger partial charge >= 0.3 is 0 Å². The number of amides is 1. The van der Waals surface area contributed by atoms with Crippen LogP contribution in [0.2, 0.25) is 5.02 Å². The molecule has 144 valence electrons. The van der Waals surface area contributed by atoms with E-state index >= 15 is 0 Å². The molecule has 1 saturated carbocycles. The average molecular weight is 395 g/mol. The average Bonchev–Trinajstić information content (AvgIpc) is 3.20. The smallest absolute Gasteiger partial charge is 0.233 e. The molecule has 1 aliphatic carbocycles. The summed E-state index contributed by atoms with van der Waals surface area (Å²) in [5, 5.41) is 13.3. The lowest BCUT2D eigenvalue weighted by Gasteiger charge is -2.37. The first-order valence-corrected chi connectivity index (χ1v) is 10.3. The third-order valence-electron chi connectivity index (χ3n) is 6.57. The fourth-order valence-electron chi connectivity index (χ4n) is 5.14. The Labute approximate surface area is 169 Å². The number of halogens is 1. The molecule has 1 N–H and O–H groups in total. The zero-order valence-corrected chi connectivity index (χ0v) is 16.4. The molecule has 3 aromatic rings. The zero-order valence-electron chi connectivity index (χ0n) is 15.6. The topological polar surface area (TPSA) is 45.5 Å². The summed E-state index contributed by atoms with van der Waals surface area (Å²) >= 11 is 6.14. The van der Waals surface area contributed by atoms with Crippen LogP contribution in [0.25, 0.3) is 10.8 Å². The van der Waals surface area contributed by atoms with Crippen molar-refractivity contribution in [1.29, 1.82) is 0 Å². The number of anilines is 1. The first-order chi connectivity index (χ1) is 13.6. The molecule has 2 aromatic carbocycles. The highest BCUT2D eigenvalue weighted by Crippen LogP contribution is 2.50. The first-order valence-electron chi connectivity index (χ1n) is 9.93. The van der Waals surface area contributed by atoms with E-state index in [1.165, 1.54) is 0 Å². The fraction of sp³-hybridized carbons (Fsp3) is 0.348. The van der Waals surface area contributed by atoms with Gasteiger partial charge in [-0.2, -0.15) is 0 Å². The molecular formula is C23H23ClN2O2. The Morgan fingerprint density at radius 2 is 1.96 bits per heavy atom. The Kier molecular flexibility index (Phi) is 4.13. The van der Waals surface area contributed by atoms with E-state index in [1.54, 1.807) is 0 Å². The number of aromatic hydroxyl groups is 1. The van der Waals surface area contributed by atoms with Crippen molar-refractivity contribution in [2.75, 3.05) is 11.4 Å². The van der Waals surface area contributed by atoms with Crippen molar-refractivity contribution in [1.82, 2.24) is 4.57 Å². The van der Waals surface area contributed by atoms with Crippen LogP contribution in [-0.2, 0) is 4.79 Å². The van der Waals surface area contributed by atoms with E-state index in [2.05, 4.69) is 0 Å². The summed E-state index contributed by atoms with van der Waals surface area (Å²) < 4.78 is 1.99. The van der Waals surface area contributed by atoms with Crippen LogP contribution in [0.3, 0.4) is 0 Å². The summed E-state index contributed by atoms with van der Waals surface area (Å²) in [6, 6.07) is 15.6. The quantitative estimate of drug-likeness (QED) is 0.620. The molecule has 0 unspecified atom stereocenters. The van der Waals surface area contributed by atoms with Crippen molar-refractivity contribution < 1.29 is 9.90 Å². The monoisotopic (exact) mass is 394 g/mol. The van der Waals surface area contributed by atoms with Gasteiger partial charge in [-0.05, 0) is 49.9 Å². The van der Waals surface area contributed by atoms with Gasteiger partial charge in [-0.25, -0.2) is 0 Å². The van der Waals surface area contributed by atoms with Gasteiger partial charge < -0.3 is 14.6 Å². The predicted octanol–water partition coefficient (Wildman–Crippen LogP) is 5.54. The summed E-state index contributed by atoms with van der Waals surface area (Å²) in [7, 11) is 0. The Balaban J connectivity index is 1.45. The summed E-state index contributed by atoms with van der Waals surface area (Å²) in [5.41, 5.74) is 0.541. The van der Waals surface area contributed by atoms with E-state index in [4.69, 9.17) is 11.6 Å². The Bertz CT molecular complexity index is 1060. The van der Waals surface area contributed by atoms with Crippen molar-refractivity contribution >= 4 is 34.0 Å². The second-order valence-corrected chi connectivity index (χ2v) is 8.60. The summed E-state index contributed by atoms with van der Waals surface area (Å²) in [5.74, 6) is 0.519. The Morgan fingerprint density at radius 1 is 1.11 bits per heavy atom. The first kappa shape index (κ1) is 17.6. The standard InChI is InChI=1S/C23H23ClN2O2/c24-17-6-3-7-18(13-17)25-12-11-23(22(25)28)10-4-8-19(14-23)26-15-16-5-1-2-9-20(16)21(26)27/h1-3,5-7,9,13,15,19,27H,4,8,10-12,14H2/t19-,23-/m0/s1. The molecule has 2 aliphatic rings. The van der Waals surface area contributed by atoms with Crippen LogP contribution >= 0.6 is 11.6 Å². The maximum absolute atomic E-state index is 13.4. The third-order valence-corrected chi connectivity index (χ3v) is 6.80. The number of hydrogen-bond acceptors (Lipinski definition) is 2. The molecule has 0 radical (unpaired) electrons. The molecule has 5 heteroatoms. The number of carbonyl (C=O) groups excluding carboxylic acids is 1. The van der Waals surface area contributed by atoms with E-state index in [-0.39, 0.29) is 17.4 Å². The lowest BCUT2D eigenvalue weighted by molar-refractivity contribution is -0.127. The van der Waals surface area contributed by atoms with Crippen LogP contribution in [0, 0.1) is 5.41 Å². The van der Waals surface area contributed by atoms with Gasteiger partial charge in [-0.1, -0.05) is 42.3 Å². The number of nitrogens with zero attached hydrogens (tertiary/aromatic N) is 2. The molecule has 0 bridgehead atoms. The molecule has 1 spiro atoms. The highest BCUT2D eigenvalue weighted by Gasteiger charge is 2.50. The number of carbonyl (C=O) groups is 1. The lowest BCUT2D eigenvalue weighted by Crippen LogP contribution is -2.38. The Morgan fingerprint density at radius 3 is 2.79 bits per heavy atom. The minimum absolute atomic E-state index is 0.143. The molecule has 2 heterocycles. The second-order valence-electron chi connectivity index (χ2n) is 8.16. The molecular weight excluding hydrogens is 372 g/mol. The zero-order chi connectivity index (χ0) is 19.3. The van der Waals surface area contributed by atoms with Crippen LogP contribution in [0.5, 0.6) is 5.88 Å². The highest BCUT2D eigenvalue weighted by atomic mass is 35.5. The maximum Gasteiger partial charge on any atom is 0.233 e. The van der Waals surface area contributed by atoms with E-state index in [0.717, 1.165) is 55.1 Å². The third kappa shape index (κ3) is 2.70. The molecule has 1 amide bonds. The van der Waals surface area contributed by atoms with Crippen molar-refractivity contribution in [3.8, 4) is 5.88 Å². The summed E-state index contributed by atoms with van der Waals surface area (Å²) in [4.78, 5) is 15.3. The molecule has 1 saturated heterocycles. The Hall–Kier alpha value is -2.46. The fourth-order valence-corrected chi connectivity index (χ4v) is 5.33. The van der Waals surface area contributed by atoms with Crippen LogP contribution in [-0.4, -0.2) is 22.1 Å². The van der Waals surface area contributed by atoms with Crippen LogP contribution in [0.15, 0.2) is 54.7 Å². The van der Waals surface area contributed by atoms with Crippen LogP contribution in [0.1, 0.15) is 38.1 Å². The van der Waals surface area contributed by atoms with E-state index in [0.29, 0.717) is 10.9 Å². The van der Waals surface area contributed by atoms with Gasteiger partial charge in [-0.3, -0.25) is 4.79 Å². The minimum Gasteiger partial charge on any atom is -0.494 e.